The molecule has 132 valence electrons. The molecule has 1 heterocycles. The van der Waals surface area contributed by atoms with Gasteiger partial charge in [-0.25, -0.2) is 4.98 Å². The molecule has 0 atom stereocenters. The van der Waals surface area contributed by atoms with Crippen LogP contribution in [0.4, 0.5) is 0 Å². The van der Waals surface area contributed by atoms with Crippen LogP contribution >= 0.6 is 0 Å². The largest absolute Gasteiger partial charge is 0.330 e. The minimum absolute atomic E-state index is 0.688. The molecule has 2 aromatic carbocycles. The van der Waals surface area contributed by atoms with E-state index in [0.717, 1.165) is 43.9 Å². The summed E-state index contributed by atoms with van der Waals surface area (Å²) < 4.78 is 2.30. The first-order valence-electron chi connectivity index (χ1n) is 9.23. The number of aryl methyl sites for hydroxylation is 1. The van der Waals surface area contributed by atoms with Crippen LogP contribution in [0.15, 0.2) is 48.5 Å². The van der Waals surface area contributed by atoms with E-state index >= 15 is 0 Å². The summed E-state index contributed by atoms with van der Waals surface area (Å²) in [5, 5.41) is 0. The second-order valence-electron chi connectivity index (χ2n) is 6.38. The molecule has 0 saturated heterocycles. The molecule has 0 unspecified atom stereocenters. The van der Waals surface area contributed by atoms with Crippen LogP contribution in [0.5, 0.6) is 0 Å². The molecule has 0 fully saturated rings. The normalized spacial score (nSPS) is 11.5. The topological polar surface area (TPSA) is 47.1 Å². The molecule has 3 aromatic rings. The molecule has 1 aromatic heterocycles. The van der Waals surface area contributed by atoms with Gasteiger partial charge in [0.2, 0.25) is 0 Å². The molecule has 0 spiro atoms. The number of nitrogens with zero attached hydrogens (tertiary/aromatic N) is 3. The molecule has 0 aliphatic rings. The van der Waals surface area contributed by atoms with Crippen molar-refractivity contribution in [2.75, 3.05) is 19.6 Å². The maximum atomic E-state index is 5.75. The highest BCUT2D eigenvalue weighted by Gasteiger charge is 2.13. The fourth-order valence-corrected chi connectivity index (χ4v) is 3.29. The molecule has 0 aliphatic heterocycles. The average Bonchev–Trinajstić information content (AvgIpc) is 3.03. The van der Waals surface area contributed by atoms with Gasteiger partial charge in [0.1, 0.15) is 5.82 Å². The number of fused-ring (bicyclic) bond motifs is 1. The van der Waals surface area contributed by atoms with Crippen molar-refractivity contribution in [2.45, 2.75) is 33.4 Å². The van der Waals surface area contributed by atoms with E-state index < -0.39 is 0 Å². The number of hydrogen-bond donors (Lipinski definition) is 1. The van der Waals surface area contributed by atoms with E-state index in [-0.39, 0.29) is 0 Å². The first-order valence-corrected chi connectivity index (χ1v) is 9.23. The highest BCUT2D eigenvalue weighted by molar-refractivity contribution is 5.80. The van der Waals surface area contributed by atoms with Crippen molar-refractivity contribution in [1.29, 1.82) is 0 Å². The van der Waals surface area contributed by atoms with Gasteiger partial charge in [0.05, 0.1) is 11.0 Å². The lowest BCUT2D eigenvalue weighted by molar-refractivity contribution is 0.296. The Balaban J connectivity index is 2.00. The predicted octanol–water partition coefficient (Wildman–Crippen LogP) is 3.89. The van der Waals surface area contributed by atoms with Gasteiger partial charge in [-0.1, -0.05) is 44.2 Å². The maximum absolute atomic E-state index is 5.75. The van der Waals surface area contributed by atoms with Gasteiger partial charge in [0.15, 0.2) is 0 Å². The van der Waals surface area contributed by atoms with Gasteiger partial charge in [0.25, 0.3) is 0 Å². The van der Waals surface area contributed by atoms with Crippen LogP contribution in [-0.2, 0) is 13.1 Å². The summed E-state index contributed by atoms with van der Waals surface area (Å²) in [7, 11) is 0. The molecule has 4 heteroatoms. The van der Waals surface area contributed by atoms with E-state index in [1.807, 2.05) is 6.07 Å². The molecule has 0 saturated carbocycles. The molecular weight excluding hydrogens is 308 g/mol. The van der Waals surface area contributed by atoms with Crippen molar-refractivity contribution >= 4 is 11.0 Å². The number of imidazole rings is 1. The first-order chi connectivity index (χ1) is 12.3. The number of aromatic nitrogens is 2. The summed E-state index contributed by atoms with van der Waals surface area (Å²) in [4.78, 5) is 7.33. The maximum Gasteiger partial charge on any atom is 0.141 e. The average molecular weight is 336 g/mol. The molecule has 0 radical (unpaired) electrons. The quantitative estimate of drug-likeness (QED) is 0.679. The van der Waals surface area contributed by atoms with Crippen LogP contribution in [0.1, 0.15) is 25.8 Å². The number of nitrogens with two attached hydrogens (primary N) is 1. The van der Waals surface area contributed by atoms with E-state index in [0.29, 0.717) is 6.54 Å². The Hall–Kier alpha value is -2.17. The summed E-state index contributed by atoms with van der Waals surface area (Å²) >= 11 is 0. The lowest BCUT2D eigenvalue weighted by Gasteiger charge is -2.18. The van der Waals surface area contributed by atoms with Crippen LogP contribution in [0.3, 0.4) is 0 Å². The molecule has 3 rings (SSSR count). The van der Waals surface area contributed by atoms with E-state index in [9.17, 15) is 0 Å². The number of benzene rings is 2. The SMILES string of the molecule is CCN(CC)Cc1cccc(-c2nc3ccccc3n2CCCN)c1. The first kappa shape index (κ1) is 17.6. The third-order valence-electron chi connectivity index (χ3n) is 4.73. The smallest absolute Gasteiger partial charge is 0.141 e. The van der Waals surface area contributed by atoms with Crippen molar-refractivity contribution in [1.82, 2.24) is 14.5 Å². The molecule has 0 bridgehead atoms. The monoisotopic (exact) mass is 336 g/mol. The Kier molecular flexibility index (Phi) is 5.84. The van der Waals surface area contributed by atoms with Gasteiger partial charge in [-0.15, -0.1) is 0 Å². The van der Waals surface area contributed by atoms with Gasteiger partial charge >= 0.3 is 0 Å². The molecule has 2 N–H and O–H groups in total. The minimum atomic E-state index is 0.688. The number of para-hydroxylation sites is 2. The van der Waals surface area contributed by atoms with Crippen LogP contribution in [0, 0.1) is 0 Å². The Morgan fingerprint density at radius 2 is 1.84 bits per heavy atom. The van der Waals surface area contributed by atoms with E-state index in [1.165, 1.54) is 16.6 Å². The zero-order valence-corrected chi connectivity index (χ0v) is 15.3. The van der Waals surface area contributed by atoms with Crippen LogP contribution < -0.4 is 5.73 Å². The second kappa shape index (κ2) is 8.28. The van der Waals surface area contributed by atoms with Crippen molar-refractivity contribution in [2.24, 2.45) is 5.73 Å². The molecule has 0 amide bonds. The molecule has 4 nitrogen and oxygen atoms in total. The van der Waals surface area contributed by atoms with E-state index in [1.54, 1.807) is 0 Å². The zero-order valence-electron chi connectivity index (χ0n) is 15.3. The van der Waals surface area contributed by atoms with Crippen molar-refractivity contribution in [3.8, 4) is 11.4 Å². The van der Waals surface area contributed by atoms with E-state index in [4.69, 9.17) is 10.7 Å². The van der Waals surface area contributed by atoms with Crippen LogP contribution in [0.25, 0.3) is 22.4 Å². The lowest BCUT2D eigenvalue weighted by Crippen LogP contribution is -2.22. The Morgan fingerprint density at radius 1 is 1.04 bits per heavy atom. The van der Waals surface area contributed by atoms with Gasteiger partial charge in [-0.3, -0.25) is 4.90 Å². The summed E-state index contributed by atoms with van der Waals surface area (Å²) in [6.45, 7) is 9.11. The Labute approximate surface area is 150 Å². The zero-order chi connectivity index (χ0) is 17.6. The van der Waals surface area contributed by atoms with Crippen molar-refractivity contribution in [3.05, 3.63) is 54.1 Å². The fourth-order valence-electron chi connectivity index (χ4n) is 3.29. The summed E-state index contributed by atoms with van der Waals surface area (Å²) in [5.41, 5.74) is 10.5. The summed E-state index contributed by atoms with van der Waals surface area (Å²) in [6.07, 6.45) is 0.951. The summed E-state index contributed by atoms with van der Waals surface area (Å²) in [5.74, 6) is 1.04. The lowest BCUT2D eigenvalue weighted by atomic mass is 10.1. The number of hydrogen-bond acceptors (Lipinski definition) is 3. The highest BCUT2D eigenvalue weighted by Crippen LogP contribution is 2.26. The molecule has 25 heavy (non-hydrogen) atoms. The minimum Gasteiger partial charge on any atom is -0.330 e. The summed E-state index contributed by atoms with van der Waals surface area (Å²) in [6, 6.07) is 17.1. The van der Waals surface area contributed by atoms with E-state index in [2.05, 4.69) is 65.8 Å². The Morgan fingerprint density at radius 3 is 2.60 bits per heavy atom. The molecule has 0 aliphatic carbocycles. The third-order valence-corrected chi connectivity index (χ3v) is 4.73. The van der Waals surface area contributed by atoms with Gasteiger partial charge < -0.3 is 10.3 Å². The fraction of sp³-hybridized carbons (Fsp3) is 0.381. The van der Waals surface area contributed by atoms with Gasteiger partial charge in [-0.2, -0.15) is 0 Å². The third kappa shape index (κ3) is 3.91. The van der Waals surface area contributed by atoms with Gasteiger partial charge in [-0.05, 0) is 49.8 Å². The predicted molar refractivity (Wildman–Crippen MR) is 105 cm³/mol. The van der Waals surface area contributed by atoms with Gasteiger partial charge in [0, 0.05) is 18.7 Å². The van der Waals surface area contributed by atoms with Crippen LogP contribution in [-0.4, -0.2) is 34.1 Å². The van der Waals surface area contributed by atoms with Crippen LogP contribution in [0.2, 0.25) is 0 Å². The number of rotatable bonds is 8. The van der Waals surface area contributed by atoms with Crippen molar-refractivity contribution < 1.29 is 0 Å². The standard InChI is InChI=1S/C21H28N4/c1-3-24(4-2)16-17-9-7-10-18(15-17)21-23-19-11-5-6-12-20(19)25(21)14-8-13-22/h5-7,9-12,15H,3-4,8,13-14,16,22H2,1-2H3. The molecular formula is C21H28N4. The highest BCUT2D eigenvalue weighted by atomic mass is 15.1. The second-order valence-corrected chi connectivity index (χ2v) is 6.38. The Bertz CT molecular complexity index is 818. The van der Waals surface area contributed by atoms with Crippen molar-refractivity contribution in [3.63, 3.8) is 0 Å².